The van der Waals surface area contributed by atoms with Crippen LogP contribution >= 0.6 is 23.1 Å². The molecule has 2 heterocycles. The summed E-state index contributed by atoms with van der Waals surface area (Å²) in [7, 11) is 1.58. The van der Waals surface area contributed by atoms with Crippen molar-refractivity contribution < 1.29 is 19.4 Å². The van der Waals surface area contributed by atoms with Crippen LogP contribution in [-0.2, 0) is 9.59 Å². The number of carbonyl (C=O) groups is 2. The van der Waals surface area contributed by atoms with Crippen LogP contribution < -0.4 is 15.0 Å². The number of aromatic nitrogens is 2. The molecule has 1 fully saturated rings. The Bertz CT molecular complexity index is 781. The number of benzene rings is 1. The zero-order valence-corrected chi connectivity index (χ0v) is 15.7. The molecule has 0 unspecified atom stereocenters. The number of nitrogens with one attached hydrogen (secondary N) is 1. The number of aliphatic hydroxyl groups excluding tert-OH is 1. The molecule has 138 valence electrons. The van der Waals surface area contributed by atoms with E-state index in [1.165, 1.54) is 23.1 Å². The van der Waals surface area contributed by atoms with Crippen molar-refractivity contribution in [3.05, 3.63) is 24.3 Å². The summed E-state index contributed by atoms with van der Waals surface area (Å²) in [6, 6.07) is 7.16. The quantitative estimate of drug-likeness (QED) is 0.543. The third kappa shape index (κ3) is 4.32. The van der Waals surface area contributed by atoms with Crippen molar-refractivity contribution in [1.29, 1.82) is 0 Å². The number of thioether (sulfide) groups is 1. The Kier molecular flexibility index (Phi) is 6.07. The molecule has 26 heavy (non-hydrogen) atoms. The monoisotopic (exact) mass is 394 g/mol. The molecule has 0 spiro atoms. The largest absolute Gasteiger partial charge is 0.497 e. The van der Waals surface area contributed by atoms with Crippen LogP contribution in [0.5, 0.6) is 5.75 Å². The van der Waals surface area contributed by atoms with Crippen molar-refractivity contribution in [3.8, 4) is 5.75 Å². The molecule has 1 aromatic heterocycles. The Labute approximate surface area is 158 Å². The first kappa shape index (κ1) is 18.6. The molecule has 0 saturated carbocycles. The predicted molar refractivity (Wildman–Crippen MR) is 99.8 cm³/mol. The van der Waals surface area contributed by atoms with E-state index in [1.807, 2.05) is 0 Å². The Morgan fingerprint density at radius 2 is 2.19 bits per heavy atom. The van der Waals surface area contributed by atoms with Crippen LogP contribution in [0.2, 0.25) is 0 Å². The van der Waals surface area contributed by atoms with Gasteiger partial charge in [0.2, 0.25) is 16.9 Å². The summed E-state index contributed by atoms with van der Waals surface area (Å²) < 4.78 is 5.79. The van der Waals surface area contributed by atoms with Gasteiger partial charge in [0.15, 0.2) is 4.34 Å². The standard InChI is InChI=1S/C16H18N4O4S2/c1-24-12-4-2-11(3-5-12)20-9-10(8-13(20)22)14(23)17-15-18-19-16(26-15)25-7-6-21/h2-5,10,21H,6-9H2,1H3,(H,17,18,23)/t10-/m1/s1. The molecule has 0 bridgehead atoms. The van der Waals surface area contributed by atoms with Crippen molar-refractivity contribution in [3.63, 3.8) is 0 Å². The predicted octanol–water partition coefficient (Wildman–Crippen LogP) is 1.62. The van der Waals surface area contributed by atoms with E-state index in [9.17, 15) is 9.59 Å². The number of anilines is 2. The lowest BCUT2D eigenvalue weighted by atomic mass is 10.1. The molecule has 2 amide bonds. The summed E-state index contributed by atoms with van der Waals surface area (Å²) in [6.07, 6.45) is 0.156. The number of methoxy groups -OCH3 is 1. The lowest BCUT2D eigenvalue weighted by molar-refractivity contribution is -0.122. The Hall–Kier alpha value is -2.17. The first-order valence-electron chi connectivity index (χ1n) is 7.93. The van der Waals surface area contributed by atoms with Crippen LogP contribution in [0.25, 0.3) is 0 Å². The molecule has 8 nitrogen and oxygen atoms in total. The van der Waals surface area contributed by atoms with E-state index in [0.717, 1.165) is 5.69 Å². The van der Waals surface area contributed by atoms with Crippen molar-refractivity contribution in [1.82, 2.24) is 10.2 Å². The van der Waals surface area contributed by atoms with Gasteiger partial charge in [0.25, 0.3) is 0 Å². The summed E-state index contributed by atoms with van der Waals surface area (Å²) >= 11 is 2.62. The van der Waals surface area contributed by atoms with Crippen molar-refractivity contribution in [2.24, 2.45) is 5.92 Å². The second-order valence-corrected chi connectivity index (χ2v) is 7.86. The minimum Gasteiger partial charge on any atom is -0.497 e. The van der Waals surface area contributed by atoms with Gasteiger partial charge in [-0.3, -0.25) is 9.59 Å². The highest BCUT2D eigenvalue weighted by molar-refractivity contribution is 8.01. The molecule has 1 aromatic carbocycles. The molecule has 0 radical (unpaired) electrons. The lowest BCUT2D eigenvalue weighted by Crippen LogP contribution is -2.28. The Morgan fingerprint density at radius 1 is 1.42 bits per heavy atom. The average Bonchev–Trinajstić information content (AvgIpc) is 3.26. The molecule has 2 aromatic rings. The third-order valence-electron chi connectivity index (χ3n) is 3.83. The Morgan fingerprint density at radius 3 is 2.88 bits per heavy atom. The topological polar surface area (TPSA) is 105 Å². The normalized spacial score (nSPS) is 16.8. The molecule has 1 saturated heterocycles. The molecular weight excluding hydrogens is 376 g/mol. The minimum atomic E-state index is -0.443. The summed E-state index contributed by atoms with van der Waals surface area (Å²) in [5.41, 5.74) is 0.740. The lowest BCUT2D eigenvalue weighted by Gasteiger charge is -2.16. The number of rotatable bonds is 7. The smallest absolute Gasteiger partial charge is 0.231 e. The number of amides is 2. The SMILES string of the molecule is COc1ccc(N2C[C@H](C(=O)Nc3nnc(SCCO)s3)CC2=O)cc1. The molecule has 1 aliphatic rings. The van der Waals surface area contributed by atoms with Crippen LogP contribution in [0, 0.1) is 5.92 Å². The van der Waals surface area contributed by atoms with Crippen molar-refractivity contribution >= 4 is 45.7 Å². The number of hydrogen-bond donors (Lipinski definition) is 2. The van der Waals surface area contributed by atoms with Gasteiger partial charge in [0, 0.05) is 24.4 Å². The van der Waals surface area contributed by atoms with E-state index >= 15 is 0 Å². The van der Waals surface area contributed by atoms with Crippen molar-refractivity contribution in [2.45, 2.75) is 10.8 Å². The van der Waals surface area contributed by atoms with Crippen LogP contribution in [0.4, 0.5) is 10.8 Å². The van der Waals surface area contributed by atoms with Crippen LogP contribution in [0.3, 0.4) is 0 Å². The van der Waals surface area contributed by atoms with Gasteiger partial charge in [-0.05, 0) is 24.3 Å². The van der Waals surface area contributed by atoms with Crippen LogP contribution in [-0.4, -0.2) is 53.1 Å². The van der Waals surface area contributed by atoms with E-state index in [0.29, 0.717) is 27.5 Å². The first-order chi connectivity index (χ1) is 12.6. The highest BCUT2D eigenvalue weighted by Crippen LogP contribution is 2.29. The summed E-state index contributed by atoms with van der Waals surface area (Å²) in [5.74, 6) is 0.454. The molecular formula is C16H18N4O4S2. The van der Waals surface area contributed by atoms with E-state index in [-0.39, 0.29) is 24.8 Å². The fraction of sp³-hybridized carbons (Fsp3) is 0.375. The fourth-order valence-electron chi connectivity index (χ4n) is 2.55. The number of carbonyl (C=O) groups excluding carboxylic acids is 2. The first-order valence-corrected chi connectivity index (χ1v) is 9.73. The molecule has 2 N–H and O–H groups in total. The highest BCUT2D eigenvalue weighted by Gasteiger charge is 2.35. The van der Waals surface area contributed by atoms with E-state index in [2.05, 4.69) is 15.5 Å². The number of ether oxygens (including phenoxy) is 1. The number of aliphatic hydroxyl groups is 1. The van der Waals surface area contributed by atoms with Gasteiger partial charge in [-0.1, -0.05) is 23.1 Å². The Balaban J connectivity index is 1.60. The zero-order valence-electron chi connectivity index (χ0n) is 14.0. The molecule has 10 heteroatoms. The van der Waals surface area contributed by atoms with E-state index < -0.39 is 5.92 Å². The van der Waals surface area contributed by atoms with Gasteiger partial charge >= 0.3 is 0 Å². The minimum absolute atomic E-state index is 0.0529. The second-order valence-electron chi connectivity index (χ2n) is 5.54. The fourth-order valence-corrected chi connectivity index (χ4v) is 4.12. The zero-order chi connectivity index (χ0) is 18.5. The molecule has 1 atom stereocenters. The van der Waals surface area contributed by atoms with Crippen LogP contribution in [0.1, 0.15) is 6.42 Å². The maximum absolute atomic E-state index is 12.4. The van der Waals surface area contributed by atoms with Gasteiger partial charge in [0.1, 0.15) is 5.75 Å². The van der Waals surface area contributed by atoms with Crippen LogP contribution in [0.15, 0.2) is 28.6 Å². The van der Waals surface area contributed by atoms with Gasteiger partial charge < -0.3 is 20.1 Å². The molecule has 1 aliphatic heterocycles. The second kappa shape index (κ2) is 8.47. The summed E-state index contributed by atoms with van der Waals surface area (Å²) in [5, 5.41) is 19.8. The number of hydrogen-bond acceptors (Lipinski definition) is 8. The van der Waals surface area contributed by atoms with Gasteiger partial charge in [-0.25, -0.2) is 0 Å². The summed E-state index contributed by atoms with van der Waals surface area (Å²) in [4.78, 5) is 26.3. The van der Waals surface area contributed by atoms with E-state index in [4.69, 9.17) is 9.84 Å². The molecule has 3 rings (SSSR count). The van der Waals surface area contributed by atoms with Gasteiger partial charge in [-0.2, -0.15) is 0 Å². The van der Waals surface area contributed by atoms with E-state index in [1.54, 1.807) is 36.3 Å². The van der Waals surface area contributed by atoms with Gasteiger partial charge in [-0.15, -0.1) is 10.2 Å². The molecule has 0 aliphatic carbocycles. The third-order valence-corrected chi connectivity index (χ3v) is 5.79. The maximum Gasteiger partial charge on any atom is 0.231 e. The van der Waals surface area contributed by atoms with Crippen molar-refractivity contribution in [2.75, 3.05) is 36.2 Å². The summed E-state index contributed by atoms with van der Waals surface area (Å²) in [6.45, 7) is 0.374. The van der Waals surface area contributed by atoms with Gasteiger partial charge in [0.05, 0.1) is 19.6 Å². The number of nitrogens with zero attached hydrogens (tertiary/aromatic N) is 3. The highest BCUT2D eigenvalue weighted by atomic mass is 32.2. The maximum atomic E-state index is 12.4. The average molecular weight is 394 g/mol.